The van der Waals surface area contributed by atoms with Crippen LogP contribution in [0, 0.1) is 0 Å². The maximum atomic E-state index is 11.0. The van der Waals surface area contributed by atoms with E-state index in [-0.39, 0.29) is 23.9 Å². The van der Waals surface area contributed by atoms with E-state index >= 15 is 0 Å². The van der Waals surface area contributed by atoms with Gasteiger partial charge < -0.3 is 36.1 Å². The number of fused-ring (bicyclic) bond motifs is 4. The number of cyclic esters (lactones) is 4. The van der Waals surface area contributed by atoms with Crippen molar-refractivity contribution in [2.45, 2.75) is 40.3 Å². The molecule has 11 nitrogen and oxygen atoms in total. The number of hydrogen-bond donors (Lipinski definition) is 3. The second kappa shape index (κ2) is 14.6. The van der Waals surface area contributed by atoms with E-state index in [0.717, 1.165) is 22.3 Å². The van der Waals surface area contributed by atoms with Crippen LogP contribution >= 0.6 is 0 Å². The van der Waals surface area contributed by atoms with E-state index in [1.165, 1.54) is 0 Å². The topological polar surface area (TPSA) is 183 Å². The average molecular weight is 612 g/mol. The van der Waals surface area contributed by atoms with Gasteiger partial charge in [0.25, 0.3) is 0 Å². The summed E-state index contributed by atoms with van der Waals surface area (Å²) in [6.45, 7) is 5.48. The Balaban J connectivity index is 0.000000134. The summed E-state index contributed by atoms with van der Waals surface area (Å²) in [7, 11) is 0. The minimum atomic E-state index is -0.307. The third-order valence-corrected chi connectivity index (χ3v) is 6.83. The lowest BCUT2D eigenvalue weighted by Crippen LogP contribution is -1.99. The van der Waals surface area contributed by atoms with E-state index in [4.69, 9.17) is 36.1 Å². The molecule has 4 aliphatic heterocycles. The Labute approximate surface area is 259 Å². The maximum absolute atomic E-state index is 11.0. The molecule has 0 spiro atoms. The summed E-state index contributed by atoms with van der Waals surface area (Å²) >= 11 is 0. The van der Waals surface area contributed by atoms with Crippen molar-refractivity contribution < 1.29 is 38.1 Å². The Hall–Kier alpha value is -5.84. The SMILES string of the molecule is CC.Nc1ccc2c(c1)COC2=O.Nc1cccc2c1C(=O)OC2.Nc1cccc2c1COC2=O.O=C1OCc2ccccc21. The molecule has 8 rings (SSSR count). The molecule has 4 aromatic carbocycles. The largest absolute Gasteiger partial charge is 0.457 e. The van der Waals surface area contributed by atoms with Crippen LogP contribution in [0.15, 0.2) is 78.9 Å². The van der Waals surface area contributed by atoms with Gasteiger partial charge in [0.05, 0.1) is 22.3 Å². The van der Waals surface area contributed by atoms with Crippen LogP contribution in [-0.4, -0.2) is 23.9 Å². The number of anilines is 3. The first-order valence-electron chi connectivity index (χ1n) is 14.1. The summed E-state index contributed by atoms with van der Waals surface area (Å²) in [5, 5.41) is 0. The van der Waals surface area contributed by atoms with Gasteiger partial charge in [-0.05, 0) is 42.5 Å². The van der Waals surface area contributed by atoms with Gasteiger partial charge in [0.15, 0.2) is 0 Å². The summed E-state index contributed by atoms with van der Waals surface area (Å²) in [6.07, 6.45) is 0. The molecule has 45 heavy (non-hydrogen) atoms. The molecule has 4 aliphatic rings. The van der Waals surface area contributed by atoms with Crippen LogP contribution in [0.3, 0.4) is 0 Å². The van der Waals surface area contributed by atoms with Crippen molar-refractivity contribution >= 4 is 40.9 Å². The number of ether oxygens (including phenoxy) is 4. The normalized spacial score (nSPS) is 13.9. The van der Waals surface area contributed by atoms with Crippen LogP contribution < -0.4 is 17.2 Å². The Morgan fingerprint density at radius 1 is 0.489 bits per heavy atom. The number of carbonyl (C=O) groups is 4. The molecular weight excluding hydrogens is 578 g/mol. The van der Waals surface area contributed by atoms with Gasteiger partial charge in [0, 0.05) is 39.3 Å². The smallest absolute Gasteiger partial charge is 0.340 e. The van der Waals surface area contributed by atoms with Crippen molar-refractivity contribution in [2.24, 2.45) is 0 Å². The van der Waals surface area contributed by atoms with Crippen LogP contribution in [0.4, 0.5) is 17.1 Å². The number of nitrogens with two attached hydrogens (primary N) is 3. The Kier molecular flexibility index (Phi) is 10.4. The highest BCUT2D eigenvalue weighted by atomic mass is 16.5. The van der Waals surface area contributed by atoms with E-state index in [1.807, 2.05) is 44.2 Å². The number of rotatable bonds is 0. The standard InChI is InChI=1S/3C8H7NO2.C8H6O2.C2H6/c9-6-1-2-7-5(3-6)4-11-8(7)10;9-7-3-1-2-5-6(7)4-11-8(5)10;9-6-3-1-2-5-4-11-8(10)7(5)6;9-8-7-4-2-1-3-6(7)5-10-8;1-2/h3*1-3H,4,9H2;1-4H,5H2;1-2H3. The lowest BCUT2D eigenvalue weighted by molar-refractivity contribution is 0.0526. The Morgan fingerprint density at radius 3 is 1.69 bits per heavy atom. The van der Waals surface area contributed by atoms with Gasteiger partial charge in [-0.15, -0.1) is 0 Å². The van der Waals surface area contributed by atoms with Crippen LogP contribution in [-0.2, 0) is 45.4 Å². The molecule has 0 bridgehead atoms. The first-order chi connectivity index (χ1) is 21.7. The predicted octanol–water partition coefficient (Wildman–Crippen LogP) is 5.20. The van der Waals surface area contributed by atoms with Crippen molar-refractivity contribution in [1.82, 2.24) is 0 Å². The highest BCUT2D eigenvalue weighted by Crippen LogP contribution is 2.26. The zero-order chi connectivity index (χ0) is 32.5. The molecule has 0 saturated carbocycles. The van der Waals surface area contributed by atoms with Crippen molar-refractivity contribution in [3.63, 3.8) is 0 Å². The zero-order valence-corrected chi connectivity index (χ0v) is 24.8. The molecule has 0 fully saturated rings. The highest BCUT2D eigenvalue weighted by molar-refractivity contribution is 5.98. The fraction of sp³-hybridized carbons (Fsp3) is 0.176. The molecule has 0 atom stereocenters. The van der Waals surface area contributed by atoms with Crippen molar-refractivity contribution in [1.29, 1.82) is 0 Å². The second-order valence-electron chi connectivity index (χ2n) is 9.63. The zero-order valence-electron chi connectivity index (χ0n) is 24.8. The Bertz CT molecular complexity index is 1750. The Morgan fingerprint density at radius 2 is 1.00 bits per heavy atom. The number of esters is 4. The van der Waals surface area contributed by atoms with Crippen molar-refractivity contribution in [3.05, 3.63) is 123 Å². The lowest BCUT2D eigenvalue weighted by Gasteiger charge is -1.96. The average Bonchev–Trinajstić information content (AvgIpc) is 3.83. The number of benzene rings is 4. The molecule has 6 N–H and O–H groups in total. The predicted molar refractivity (Wildman–Crippen MR) is 167 cm³/mol. The molecule has 0 aliphatic carbocycles. The van der Waals surface area contributed by atoms with E-state index in [0.29, 0.717) is 65.7 Å². The monoisotopic (exact) mass is 611 g/mol. The fourth-order valence-electron chi connectivity index (χ4n) is 4.60. The van der Waals surface area contributed by atoms with Gasteiger partial charge in [-0.1, -0.05) is 50.2 Å². The summed E-state index contributed by atoms with van der Waals surface area (Å²) in [5.41, 5.74) is 24.5. The minimum absolute atomic E-state index is 0.199. The van der Waals surface area contributed by atoms with Gasteiger partial charge in [0.2, 0.25) is 0 Å². The van der Waals surface area contributed by atoms with E-state index < -0.39 is 0 Å². The number of carbonyl (C=O) groups excluding carboxylic acids is 4. The van der Waals surface area contributed by atoms with Crippen LogP contribution in [0.25, 0.3) is 0 Å². The fourth-order valence-corrected chi connectivity index (χ4v) is 4.60. The molecule has 0 aromatic heterocycles. The van der Waals surface area contributed by atoms with Crippen LogP contribution in [0.5, 0.6) is 0 Å². The second-order valence-corrected chi connectivity index (χ2v) is 9.63. The van der Waals surface area contributed by atoms with Crippen molar-refractivity contribution in [3.8, 4) is 0 Å². The summed E-state index contributed by atoms with van der Waals surface area (Å²) < 4.78 is 19.1. The van der Waals surface area contributed by atoms with Gasteiger partial charge in [0.1, 0.15) is 26.4 Å². The quantitative estimate of drug-likeness (QED) is 0.135. The van der Waals surface area contributed by atoms with Gasteiger partial charge >= 0.3 is 23.9 Å². The first-order valence-corrected chi connectivity index (χ1v) is 14.1. The summed E-state index contributed by atoms with van der Waals surface area (Å²) in [4.78, 5) is 43.7. The van der Waals surface area contributed by atoms with Crippen molar-refractivity contribution in [2.75, 3.05) is 17.2 Å². The number of nitrogen functional groups attached to an aromatic ring is 3. The van der Waals surface area contributed by atoms with E-state index in [2.05, 4.69) is 0 Å². The third kappa shape index (κ3) is 7.39. The van der Waals surface area contributed by atoms with Gasteiger partial charge in [-0.25, -0.2) is 19.2 Å². The summed E-state index contributed by atoms with van der Waals surface area (Å²) in [6, 6.07) is 23.2. The molecule has 0 saturated heterocycles. The molecule has 232 valence electrons. The molecule has 11 heteroatoms. The van der Waals surface area contributed by atoms with Crippen LogP contribution in [0.2, 0.25) is 0 Å². The molecule has 4 aromatic rings. The van der Waals surface area contributed by atoms with Crippen LogP contribution in [0.1, 0.15) is 77.5 Å². The highest BCUT2D eigenvalue weighted by Gasteiger charge is 2.24. The van der Waals surface area contributed by atoms with Gasteiger partial charge in [-0.3, -0.25) is 0 Å². The molecular formula is C34H33N3O8. The molecule has 0 radical (unpaired) electrons. The van der Waals surface area contributed by atoms with E-state index in [9.17, 15) is 19.2 Å². The van der Waals surface area contributed by atoms with E-state index in [1.54, 1.807) is 48.5 Å². The molecule has 0 amide bonds. The lowest BCUT2D eigenvalue weighted by atomic mass is 10.1. The molecule has 4 heterocycles. The number of hydrogen-bond acceptors (Lipinski definition) is 11. The third-order valence-electron chi connectivity index (χ3n) is 6.83. The minimum Gasteiger partial charge on any atom is -0.457 e. The van der Waals surface area contributed by atoms with Gasteiger partial charge in [-0.2, -0.15) is 0 Å². The maximum Gasteiger partial charge on any atom is 0.340 e. The first kappa shape index (κ1) is 32.1. The summed E-state index contributed by atoms with van der Waals surface area (Å²) in [5.74, 6) is -1.03. The molecule has 0 unspecified atom stereocenters.